The minimum absolute atomic E-state index is 0.0597. The SMILES string of the molecule is CN(C)c1ccccc1NC(=O)CCn1c(=O)oc2cc(S(=O)(=O)N3CCCC3)ccc21. The van der Waals surface area contributed by atoms with E-state index in [-0.39, 0.29) is 29.4 Å². The predicted molar refractivity (Wildman–Crippen MR) is 122 cm³/mol. The van der Waals surface area contributed by atoms with Crippen LogP contribution in [0.25, 0.3) is 11.1 Å². The van der Waals surface area contributed by atoms with E-state index in [0.29, 0.717) is 24.3 Å². The number of hydrogen-bond donors (Lipinski definition) is 1. The van der Waals surface area contributed by atoms with E-state index in [2.05, 4.69) is 5.32 Å². The lowest BCUT2D eigenvalue weighted by molar-refractivity contribution is -0.116. The van der Waals surface area contributed by atoms with Gasteiger partial charge in [0, 0.05) is 46.2 Å². The van der Waals surface area contributed by atoms with Gasteiger partial charge >= 0.3 is 5.76 Å². The lowest BCUT2D eigenvalue weighted by Gasteiger charge is -2.17. The summed E-state index contributed by atoms with van der Waals surface area (Å²) in [5, 5.41) is 2.87. The van der Waals surface area contributed by atoms with Crippen molar-refractivity contribution in [1.82, 2.24) is 8.87 Å². The van der Waals surface area contributed by atoms with Gasteiger partial charge in [-0.05, 0) is 37.1 Å². The second kappa shape index (κ2) is 8.79. The van der Waals surface area contributed by atoms with Crippen molar-refractivity contribution in [2.75, 3.05) is 37.4 Å². The second-order valence-corrected chi connectivity index (χ2v) is 9.91. The topological polar surface area (TPSA) is 105 Å². The van der Waals surface area contributed by atoms with Gasteiger partial charge in [0.05, 0.1) is 21.8 Å². The van der Waals surface area contributed by atoms with Crippen molar-refractivity contribution in [2.45, 2.75) is 30.7 Å². The molecule has 0 bridgehead atoms. The van der Waals surface area contributed by atoms with Gasteiger partial charge in [0.2, 0.25) is 15.9 Å². The molecule has 4 rings (SSSR count). The highest BCUT2D eigenvalue weighted by atomic mass is 32.2. The minimum Gasteiger partial charge on any atom is -0.408 e. The Labute approximate surface area is 186 Å². The minimum atomic E-state index is -3.61. The van der Waals surface area contributed by atoms with E-state index in [4.69, 9.17) is 4.42 Å². The molecule has 0 unspecified atom stereocenters. The number of aryl methyl sites for hydroxylation is 1. The predicted octanol–water partition coefficient (Wildman–Crippen LogP) is 2.47. The van der Waals surface area contributed by atoms with Crippen LogP contribution in [0.5, 0.6) is 0 Å². The van der Waals surface area contributed by atoms with Crippen molar-refractivity contribution < 1.29 is 17.6 Å². The molecule has 1 saturated heterocycles. The molecule has 0 radical (unpaired) electrons. The zero-order chi connectivity index (χ0) is 22.9. The fourth-order valence-corrected chi connectivity index (χ4v) is 5.42. The molecule has 1 aliphatic rings. The Hall–Kier alpha value is -3.11. The number of nitrogens with zero attached hydrogens (tertiary/aromatic N) is 3. The standard InChI is InChI=1S/C22H26N4O5S/c1-24(2)18-8-4-3-7-17(18)23-21(27)11-14-26-19-10-9-16(15-20(19)31-22(26)28)32(29,30)25-12-5-6-13-25/h3-4,7-10,15H,5-6,11-14H2,1-2H3,(H,23,27). The quantitative estimate of drug-likeness (QED) is 0.583. The maximum absolute atomic E-state index is 12.8. The first-order valence-electron chi connectivity index (χ1n) is 10.5. The number of nitrogens with one attached hydrogen (secondary N) is 1. The Morgan fingerprint density at radius 1 is 1.12 bits per heavy atom. The molecule has 9 nitrogen and oxygen atoms in total. The van der Waals surface area contributed by atoms with Gasteiger partial charge < -0.3 is 14.6 Å². The van der Waals surface area contributed by atoms with E-state index in [0.717, 1.165) is 18.5 Å². The van der Waals surface area contributed by atoms with Crippen LogP contribution in [0, 0.1) is 0 Å². The second-order valence-electron chi connectivity index (χ2n) is 7.97. The highest BCUT2D eigenvalue weighted by Gasteiger charge is 2.28. The molecular weight excluding hydrogens is 432 g/mol. The third-order valence-corrected chi connectivity index (χ3v) is 7.46. The summed E-state index contributed by atoms with van der Waals surface area (Å²) >= 11 is 0. The molecule has 2 heterocycles. The maximum atomic E-state index is 12.8. The van der Waals surface area contributed by atoms with Gasteiger partial charge in [-0.1, -0.05) is 12.1 Å². The molecule has 2 aromatic carbocycles. The number of anilines is 2. The highest BCUT2D eigenvalue weighted by molar-refractivity contribution is 7.89. The van der Waals surface area contributed by atoms with Crippen molar-refractivity contribution in [3.8, 4) is 0 Å². The molecule has 0 saturated carbocycles. The van der Waals surface area contributed by atoms with E-state index in [9.17, 15) is 18.0 Å². The van der Waals surface area contributed by atoms with Crippen LogP contribution >= 0.6 is 0 Å². The van der Waals surface area contributed by atoms with Crippen LogP contribution in [0.2, 0.25) is 0 Å². The highest BCUT2D eigenvalue weighted by Crippen LogP contribution is 2.25. The van der Waals surface area contributed by atoms with Crippen molar-refractivity contribution in [1.29, 1.82) is 0 Å². The zero-order valence-corrected chi connectivity index (χ0v) is 18.9. The maximum Gasteiger partial charge on any atom is 0.419 e. The van der Waals surface area contributed by atoms with E-state index < -0.39 is 15.8 Å². The molecule has 1 amide bonds. The van der Waals surface area contributed by atoms with Crippen LogP contribution in [0.1, 0.15) is 19.3 Å². The van der Waals surface area contributed by atoms with E-state index in [1.165, 1.54) is 21.0 Å². The smallest absolute Gasteiger partial charge is 0.408 e. The Morgan fingerprint density at radius 2 is 1.84 bits per heavy atom. The number of sulfonamides is 1. The fraction of sp³-hybridized carbons (Fsp3) is 0.364. The number of para-hydroxylation sites is 2. The molecule has 0 aliphatic carbocycles. The Kier molecular flexibility index (Phi) is 6.07. The van der Waals surface area contributed by atoms with E-state index in [1.807, 2.05) is 43.3 Å². The van der Waals surface area contributed by atoms with Crippen molar-refractivity contribution in [3.63, 3.8) is 0 Å². The molecule has 1 aliphatic heterocycles. The number of hydrogen-bond acceptors (Lipinski definition) is 6. The normalized spacial score (nSPS) is 14.7. The first-order valence-corrected chi connectivity index (χ1v) is 11.9. The van der Waals surface area contributed by atoms with Crippen molar-refractivity contribution in [2.24, 2.45) is 0 Å². The largest absolute Gasteiger partial charge is 0.419 e. The summed E-state index contributed by atoms with van der Waals surface area (Å²) in [4.78, 5) is 26.9. The summed E-state index contributed by atoms with van der Waals surface area (Å²) in [6.45, 7) is 1.11. The Bertz CT molecular complexity index is 1300. The van der Waals surface area contributed by atoms with Gasteiger partial charge in [-0.25, -0.2) is 13.2 Å². The van der Waals surface area contributed by atoms with Crippen LogP contribution in [-0.4, -0.2) is 50.4 Å². The van der Waals surface area contributed by atoms with Crippen LogP contribution in [-0.2, 0) is 21.4 Å². The monoisotopic (exact) mass is 458 g/mol. The Morgan fingerprint density at radius 3 is 2.56 bits per heavy atom. The summed E-state index contributed by atoms with van der Waals surface area (Å²) in [5.41, 5.74) is 2.20. The number of benzene rings is 2. The molecule has 0 atom stereocenters. The molecule has 1 aromatic heterocycles. The van der Waals surface area contributed by atoms with Gasteiger partial charge in [0.25, 0.3) is 0 Å². The molecular formula is C22H26N4O5S. The first-order chi connectivity index (χ1) is 15.3. The number of carbonyl (C=O) groups excluding carboxylic acids is 1. The lowest BCUT2D eigenvalue weighted by atomic mass is 10.2. The van der Waals surface area contributed by atoms with Crippen LogP contribution in [0.3, 0.4) is 0 Å². The van der Waals surface area contributed by atoms with E-state index in [1.54, 1.807) is 6.07 Å². The summed E-state index contributed by atoms with van der Waals surface area (Å²) < 4.78 is 33.6. The number of carbonyl (C=O) groups is 1. The first kappa shape index (κ1) is 22.1. The van der Waals surface area contributed by atoms with Gasteiger partial charge in [0.1, 0.15) is 0 Å². The van der Waals surface area contributed by atoms with Gasteiger partial charge in [-0.3, -0.25) is 9.36 Å². The number of amides is 1. The molecule has 3 aromatic rings. The summed E-state index contributed by atoms with van der Waals surface area (Å²) in [6.07, 6.45) is 1.74. The summed E-state index contributed by atoms with van der Waals surface area (Å²) in [6, 6.07) is 11.9. The van der Waals surface area contributed by atoms with Crippen molar-refractivity contribution in [3.05, 3.63) is 53.0 Å². The Balaban J connectivity index is 1.51. The number of fused-ring (bicyclic) bond motifs is 1. The van der Waals surface area contributed by atoms with Crippen LogP contribution < -0.4 is 16.0 Å². The molecule has 1 N–H and O–H groups in total. The zero-order valence-electron chi connectivity index (χ0n) is 18.1. The average Bonchev–Trinajstić information content (AvgIpc) is 3.40. The number of aromatic nitrogens is 1. The molecule has 10 heteroatoms. The van der Waals surface area contributed by atoms with Gasteiger partial charge in [-0.2, -0.15) is 4.31 Å². The molecule has 1 fully saturated rings. The molecule has 32 heavy (non-hydrogen) atoms. The fourth-order valence-electron chi connectivity index (χ4n) is 3.89. The third kappa shape index (κ3) is 4.28. The van der Waals surface area contributed by atoms with E-state index >= 15 is 0 Å². The van der Waals surface area contributed by atoms with Crippen molar-refractivity contribution >= 4 is 38.4 Å². The molecule has 170 valence electrons. The van der Waals surface area contributed by atoms with Gasteiger partial charge in [0.15, 0.2) is 5.58 Å². The summed E-state index contributed by atoms with van der Waals surface area (Å²) in [5.74, 6) is -0.869. The third-order valence-electron chi connectivity index (χ3n) is 5.56. The average molecular weight is 459 g/mol. The summed E-state index contributed by atoms with van der Waals surface area (Å²) in [7, 11) is 0.167. The number of rotatable bonds is 7. The van der Waals surface area contributed by atoms with Crippen LogP contribution in [0.4, 0.5) is 11.4 Å². The molecule has 0 spiro atoms. The van der Waals surface area contributed by atoms with Gasteiger partial charge in [-0.15, -0.1) is 0 Å². The lowest BCUT2D eigenvalue weighted by Crippen LogP contribution is -2.27. The number of oxazole rings is 1. The van der Waals surface area contributed by atoms with Crippen LogP contribution in [0.15, 0.2) is 56.6 Å².